The van der Waals surface area contributed by atoms with Crippen LogP contribution in [-0.2, 0) is 14.8 Å². The van der Waals surface area contributed by atoms with Gasteiger partial charge in [-0.2, -0.15) is 4.31 Å². The second-order valence-corrected chi connectivity index (χ2v) is 7.74. The summed E-state index contributed by atoms with van der Waals surface area (Å²) in [7, 11) is -1.45. The average Bonchev–Trinajstić information content (AvgIpc) is 2.47. The molecule has 0 saturated carbocycles. The molecule has 2 rings (SSSR count). The number of piperidine rings is 1. The summed E-state index contributed by atoms with van der Waals surface area (Å²) in [5.41, 5.74) is 1.20. The minimum atomic E-state index is -3.11. The van der Waals surface area contributed by atoms with E-state index in [9.17, 15) is 8.42 Å². The van der Waals surface area contributed by atoms with Crippen molar-refractivity contribution in [2.75, 3.05) is 39.1 Å². The first-order chi connectivity index (χ1) is 9.62. The lowest BCUT2D eigenvalue weighted by Gasteiger charge is -2.28. The van der Waals surface area contributed by atoms with Gasteiger partial charge in [-0.25, -0.2) is 8.42 Å². The van der Waals surface area contributed by atoms with Gasteiger partial charge in [-0.05, 0) is 37.8 Å². The molecule has 0 aromatic rings. The Labute approximate surface area is 122 Å². The number of hydrogen-bond acceptors (Lipinski definition) is 4. The third-order valence-corrected chi connectivity index (χ3v) is 6.00. The van der Waals surface area contributed by atoms with E-state index in [1.54, 1.807) is 11.4 Å². The highest BCUT2D eigenvalue weighted by atomic mass is 32.2. The predicted molar refractivity (Wildman–Crippen MR) is 80.2 cm³/mol. The summed E-state index contributed by atoms with van der Waals surface area (Å²) in [6, 6.07) is 0.378. The maximum atomic E-state index is 12.3. The van der Waals surface area contributed by atoms with E-state index < -0.39 is 10.0 Å². The fourth-order valence-electron chi connectivity index (χ4n) is 2.85. The van der Waals surface area contributed by atoms with Gasteiger partial charge in [-0.1, -0.05) is 12.5 Å². The summed E-state index contributed by atoms with van der Waals surface area (Å²) in [5, 5.41) is 3.41. The van der Waals surface area contributed by atoms with Gasteiger partial charge in [0.05, 0.1) is 12.4 Å². The van der Waals surface area contributed by atoms with Crippen LogP contribution in [0.4, 0.5) is 0 Å². The minimum Gasteiger partial charge on any atom is -0.380 e. The highest BCUT2D eigenvalue weighted by molar-refractivity contribution is 7.89. The normalized spacial score (nSPS) is 25.4. The van der Waals surface area contributed by atoms with Crippen LogP contribution in [0.5, 0.6) is 0 Å². The predicted octanol–water partition coefficient (Wildman–Crippen LogP) is 1.13. The maximum absolute atomic E-state index is 12.3. The molecular weight excluding hydrogens is 276 g/mol. The molecule has 0 radical (unpaired) electrons. The summed E-state index contributed by atoms with van der Waals surface area (Å²) >= 11 is 0. The van der Waals surface area contributed by atoms with Crippen molar-refractivity contribution in [3.63, 3.8) is 0 Å². The van der Waals surface area contributed by atoms with Crippen molar-refractivity contribution in [3.05, 3.63) is 11.6 Å². The van der Waals surface area contributed by atoms with Crippen LogP contribution < -0.4 is 5.32 Å². The number of sulfonamides is 1. The zero-order valence-corrected chi connectivity index (χ0v) is 13.1. The third-order valence-electron chi connectivity index (χ3n) is 4.13. The summed E-state index contributed by atoms with van der Waals surface area (Å²) in [6.45, 7) is 2.73. The molecular formula is C14H26N2O3S. The first-order valence-electron chi connectivity index (χ1n) is 7.50. The Balaban J connectivity index is 1.81. The number of ether oxygens (including phenoxy) is 1. The van der Waals surface area contributed by atoms with Crippen LogP contribution in [0.1, 0.15) is 32.1 Å². The summed E-state index contributed by atoms with van der Waals surface area (Å²) in [6.07, 6.45) is 7.03. The molecule has 0 bridgehead atoms. The lowest BCUT2D eigenvalue weighted by Crippen LogP contribution is -2.40. The van der Waals surface area contributed by atoms with Crippen molar-refractivity contribution in [3.8, 4) is 0 Å². The Morgan fingerprint density at radius 3 is 2.90 bits per heavy atom. The molecule has 1 saturated heterocycles. The molecule has 116 valence electrons. The quantitative estimate of drug-likeness (QED) is 0.747. The van der Waals surface area contributed by atoms with E-state index in [4.69, 9.17) is 4.74 Å². The molecule has 0 spiro atoms. The van der Waals surface area contributed by atoms with Crippen LogP contribution >= 0.6 is 0 Å². The zero-order valence-electron chi connectivity index (χ0n) is 12.3. The number of nitrogens with one attached hydrogen (secondary N) is 1. The molecule has 0 aromatic carbocycles. The van der Waals surface area contributed by atoms with Gasteiger partial charge in [0, 0.05) is 26.2 Å². The van der Waals surface area contributed by atoms with Gasteiger partial charge in [-0.15, -0.1) is 0 Å². The fraction of sp³-hybridized carbons (Fsp3) is 0.857. The van der Waals surface area contributed by atoms with E-state index >= 15 is 0 Å². The van der Waals surface area contributed by atoms with Crippen molar-refractivity contribution >= 4 is 10.0 Å². The molecule has 20 heavy (non-hydrogen) atoms. The van der Waals surface area contributed by atoms with Gasteiger partial charge in [-0.3, -0.25) is 0 Å². The smallest absolute Gasteiger partial charge is 0.214 e. The molecule has 1 fully saturated rings. The summed E-state index contributed by atoms with van der Waals surface area (Å²) < 4.78 is 31.4. The number of methoxy groups -OCH3 is 1. The molecule has 0 aromatic heterocycles. The fourth-order valence-corrected chi connectivity index (χ4v) is 4.36. The Kier molecular flexibility index (Phi) is 6.01. The van der Waals surface area contributed by atoms with E-state index in [1.165, 1.54) is 18.4 Å². The van der Waals surface area contributed by atoms with Crippen molar-refractivity contribution < 1.29 is 13.2 Å². The van der Waals surface area contributed by atoms with Crippen molar-refractivity contribution in [1.29, 1.82) is 0 Å². The van der Waals surface area contributed by atoms with E-state index in [-0.39, 0.29) is 5.75 Å². The van der Waals surface area contributed by atoms with Crippen LogP contribution in [-0.4, -0.2) is 57.9 Å². The summed E-state index contributed by atoms with van der Waals surface area (Å²) in [5.74, 6) is 0.262. The van der Waals surface area contributed by atoms with E-state index in [2.05, 4.69) is 5.32 Å². The van der Waals surface area contributed by atoms with E-state index in [0.29, 0.717) is 25.7 Å². The summed E-state index contributed by atoms with van der Waals surface area (Å²) in [4.78, 5) is 0. The largest absolute Gasteiger partial charge is 0.380 e. The van der Waals surface area contributed by atoms with Gasteiger partial charge in [0.15, 0.2) is 0 Å². The molecule has 5 nitrogen and oxygen atoms in total. The molecule has 2 heterocycles. The molecule has 2 aliphatic rings. The highest BCUT2D eigenvalue weighted by Crippen LogP contribution is 2.17. The molecule has 6 heteroatoms. The number of nitrogens with zero attached hydrogens (tertiary/aromatic N) is 1. The molecule has 0 aliphatic carbocycles. The van der Waals surface area contributed by atoms with Crippen LogP contribution in [0.3, 0.4) is 0 Å². The lowest BCUT2D eigenvalue weighted by atomic mass is 10.0. The molecule has 1 unspecified atom stereocenters. The third kappa shape index (κ3) is 4.55. The van der Waals surface area contributed by atoms with Crippen molar-refractivity contribution in [1.82, 2.24) is 9.62 Å². The minimum absolute atomic E-state index is 0.262. The second-order valence-electron chi connectivity index (χ2n) is 5.65. The molecule has 1 atom stereocenters. The first-order valence-corrected chi connectivity index (χ1v) is 9.11. The standard InChI is InChI=1S/C14H26N2O3S/c1-19-12-13-5-9-16(10-6-13)20(17,18)11-7-14-4-2-3-8-15-14/h5,14-15H,2-4,6-12H2,1H3. The monoisotopic (exact) mass is 302 g/mol. The molecule has 1 N–H and O–H groups in total. The number of rotatable bonds is 6. The Morgan fingerprint density at radius 1 is 1.45 bits per heavy atom. The highest BCUT2D eigenvalue weighted by Gasteiger charge is 2.25. The lowest BCUT2D eigenvalue weighted by molar-refractivity contribution is 0.219. The Hall–Kier alpha value is -0.430. The zero-order chi connectivity index (χ0) is 14.4. The van der Waals surface area contributed by atoms with E-state index in [1.807, 2.05) is 6.08 Å². The topological polar surface area (TPSA) is 58.6 Å². The first kappa shape index (κ1) is 15.9. The second kappa shape index (κ2) is 7.54. The van der Waals surface area contributed by atoms with Crippen molar-refractivity contribution in [2.45, 2.75) is 38.1 Å². The maximum Gasteiger partial charge on any atom is 0.214 e. The number of hydrogen-bond donors (Lipinski definition) is 1. The van der Waals surface area contributed by atoms with Crippen LogP contribution in [0.25, 0.3) is 0 Å². The van der Waals surface area contributed by atoms with Crippen LogP contribution in [0.15, 0.2) is 11.6 Å². The van der Waals surface area contributed by atoms with Gasteiger partial charge in [0.1, 0.15) is 0 Å². The van der Waals surface area contributed by atoms with Gasteiger partial charge >= 0.3 is 0 Å². The van der Waals surface area contributed by atoms with Crippen LogP contribution in [0.2, 0.25) is 0 Å². The SMILES string of the molecule is COCC1=CCN(S(=O)(=O)CCC2CCCCN2)CC1. The Morgan fingerprint density at radius 2 is 2.30 bits per heavy atom. The van der Waals surface area contributed by atoms with Crippen LogP contribution in [0, 0.1) is 0 Å². The average molecular weight is 302 g/mol. The van der Waals surface area contributed by atoms with E-state index in [0.717, 1.165) is 25.8 Å². The molecule has 2 aliphatic heterocycles. The van der Waals surface area contributed by atoms with Gasteiger partial charge in [0.2, 0.25) is 10.0 Å². The Bertz CT molecular complexity index is 428. The van der Waals surface area contributed by atoms with Gasteiger partial charge < -0.3 is 10.1 Å². The van der Waals surface area contributed by atoms with Gasteiger partial charge in [0.25, 0.3) is 0 Å². The van der Waals surface area contributed by atoms with Crippen molar-refractivity contribution in [2.24, 2.45) is 0 Å². The molecule has 0 amide bonds.